The third kappa shape index (κ3) is 6.07. The summed E-state index contributed by atoms with van der Waals surface area (Å²) in [5.74, 6) is 0.549. The fraction of sp³-hybridized carbons (Fsp3) is 1.00. The Balaban J connectivity index is 1.84. The van der Waals surface area contributed by atoms with E-state index in [0.29, 0.717) is 12.5 Å². The van der Waals surface area contributed by atoms with Gasteiger partial charge in [-0.1, -0.05) is 45.4 Å². The molecule has 16 heavy (non-hydrogen) atoms. The number of halogens is 1. The molecule has 2 atom stereocenters. The number of ether oxygens (including phenoxy) is 2. The minimum absolute atomic E-state index is 0.0133. The van der Waals surface area contributed by atoms with Crippen LogP contribution in [0.3, 0.4) is 0 Å². The first kappa shape index (κ1) is 14.3. The van der Waals surface area contributed by atoms with Crippen LogP contribution in [-0.2, 0) is 9.47 Å². The summed E-state index contributed by atoms with van der Waals surface area (Å²) in [6, 6.07) is 0. The average Bonchev–Trinajstić information content (AvgIpc) is 2.76. The van der Waals surface area contributed by atoms with E-state index in [1.165, 1.54) is 44.9 Å². The van der Waals surface area contributed by atoms with Gasteiger partial charge in [0.25, 0.3) is 0 Å². The molecule has 0 radical (unpaired) electrons. The van der Waals surface area contributed by atoms with E-state index in [0.717, 1.165) is 6.42 Å². The van der Waals surface area contributed by atoms with Crippen LogP contribution in [0.1, 0.15) is 58.3 Å². The van der Waals surface area contributed by atoms with Crippen LogP contribution in [-0.4, -0.2) is 24.9 Å². The Kier molecular flexibility index (Phi) is 8.26. The van der Waals surface area contributed by atoms with Crippen molar-refractivity contribution in [2.24, 2.45) is 0 Å². The van der Waals surface area contributed by atoms with E-state index in [1.54, 1.807) is 0 Å². The van der Waals surface area contributed by atoms with Gasteiger partial charge in [-0.15, -0.1) is 11.6 Å². The Morgan fingerprint density at radius 1 is 1.06 bits per heavy atom. The third-order valence-corrected chi connectivity index (χ3v) is 3.37. The van der Waals surface area contributed by atoms with Crippen molar-refractivity contribution < 1.29 is 9.47 Å². The fourth-order valence-corrected chi connectivity index (χ4v) is 2.17. The largest absolute Gasteiger partial charge is 0.350 e. The quantitative estimate of drug-likeness (QED) is 0.452. The van der Waals surface area contributed by atoms with Crippen LogP contribution >= 0.6 is 11.6 Å². The maximum atomic E-state index is 5.70. The molecule has 0 aliphatic carbocycles. The number of hydrogen-bond acceptors (Lipinski definition) is 2. The predicted octanol–water partition coefficient (Wildman–Crippen LogP) is 4.11. The van der Waals surface area contributed by atoms with E-state index in [1.807, 2.05) is 0 Å². The first-order valence-electron chi connectivity index (χ1n) is 6.69. The minimum atomic E-state index is 0.0133. The zero-order valence-electron chi connectivity index (χ0n) is 10.4. The van der Waals surface area contributed by atoms with Gasteiger partial charge >= 0.3 is 0 Å². The highest BCUT2D eigenvalue weighted by Gasteiger charge is 2.24. The molecule has 3 heteroatoms. The zero-order valence-corrected chi connectivity index (χ0v) is 11.2. The van der Waals surface area contributed by atoms with E-state index in [9.17, 15) is 0 Å². The molecule has 1 aliphatic heterocycles. The fourth-order valence-electron chi connectivity index (χ4n) is 2.01. The van der Waals surface area contributed by atoms with Crippen LogP contribution in [0.15, 0.2) is 0 Å². The van der Waals surface area contributed by atoms with Gasteiger partial charge in [-0.3, -0.25) is 0 Å². The Bertz CT molecular complexity index is 164. The van der Waals surface area contributed by atoms with Crippen molar-refractivity contribution in [1.82, 2.24) is 0 Å². The van der Waals surface area contributed by atoms with Crippen LogP contribution < -0.4 is 0 Å². The smallest absolute Gasteiger partial charge is 0.158 e. The molecule has 96 valence electrons. The van der Waals surface area contributed by atoms with E-state index in [4.69, 9.17) is 21.1 Å². The molecule has 0 saturated carbocycles. The molecule has 1 aliphatic rings. The molecular formula is C13H25ClO2. The number of hydrogen-bond donors (Lipinski definition) is 0. The summed E-state index contributed by atoms with van der Waals surface area (Å²) in [4.78, 5) is 0. The van der Waals surface area contributed by atoms with Gasteiger partial charge in [-0.2, -0.15) is 0 Å². The number of unbranched alkanes of at least 4 members (excludes halogenated alkanes) is 6. The van der Waals surface area contributed by atoms with Crippen molar-refractivity contribution in [3.63, 3.8) is 0 Å². The van der Waals surface area contributed by atoms with Gasteiger partial charge in [-0.05, 0) is 12.8 Å². The van der Waals surface area contributed by atoms with Crippen LogP contribution in [0.2, 0.25) is 0 Å². The normalized spacial score (nSPS) is 25.1. The summed E-state index contributed by atoms with van der Waals surface area (Å²) >= 11 is 5.70. The molecule has 0 bridgehead atoms. The minimum Gasteiger partial charge on any atom is -0.350 e. The highest BCUT2D eigenvalue weighted by Crippen LogP contribution is 2.18. The lowest BCUT2D eigenvalue weighted by Gasteiger charge is -2.09. The Hall–Kier alpha value is 0.210. The van der Waals surface area contributed by atoms with Crippen LogP contribution in [0.25, 0.3) is 0 Å². The van der Waals surface area contributed by atoms with E-state index >= 15 is 0 Å². The van der Waals surface area contributed by atoms with E-state index < -0.39 is 0 Å². The predicted molar refractivity (Wildman–Crippen MR) is 67.9 cm³/mol. The summed E-state index contributed by atoms with van der Waals surface area (Å²) in [6.45, 7) is 2.92. The maximum Gasteiger partial charge on any atom is 0.158 e. The number of rotatable bonds is 9. The maximum absolute atomic E-state index is 5.70. The highest BCUT2D eigenvalue weighted by atomic mass is 35.5. The lowest BCUT2D eigenvalue weighted by molar-refractivity contribution is -0.0599. The molecule has 0 amide bonds. The van der Waals surface area contributed by atoms with Crippen molar-refractivity contribution in [3.8, 4) is 0 Å². The molecule has 1 saturated heterocycles. The molecule has 0 aromatic carbocycles. The lowest BCUT2D eigenvalue weighted by atomic mass is 10.1. The second-order valence-corrected chi connectivity index (χ2v) is 4.89. The molecule has 0 spiro atoms. The van der Waals surface area contributed by atoms with Crippen molar-refractivity contribution >= 4 is 11.6 Å². The second-order valence-electron chi connectivity index (χ2n) is 4.59. The van der Waals surface area contributed by atoms with Crippen molar-refractivity contribution in [1.29, 1.82) is 0 Å². The molecule has 1 rings (SSSR count). The SMILES string of the molecule is CCCCCCCCC[C@@H]1OC[C@@H](CCl)O1. The third-order valence-electron chi connectivity index (χ3n) is 3.03. The van der Waals surface area contributed by atoms with Crippen molar-refractivity contribution in [2.75, 3.05) is 12.5 Å². The molecule has 1 fully saturated rings. The van der Waals surface area contributed by atoms with Gasteiger partial charge in [0.15, 0.2) is 6.29 Å². The first-order chi connectivity index (χ1) is 7.86. The van der Waals surface area contributed by atoms with E-state index in [2.05, 4.69) is 6.92 Å². The summed E-state index contributed by atoms with van der Waals surface area (Å²) in [6.07, 6.45) is 10.5. The summed E-state index contributed by atoms with van der Waals surface area (Å²) < 4.78 is 11.1. The zero-order chi connectivity index (χ0) is 11.6. The van der Waals surface area contributed by atoms with Gasteiger partial charge in [0.1, 0.15) is 0 Å². The second kappa shape index (κ2) is 9.26. The molecular weight excluding hydrogens is 224 g/mol. The van der Waals surface area contributed by atoms with Gasteiger partial charge in [0, 0.05) is 0 Å². The Morgan fingerprint density at radius 3 is 2.38 bits per heavy atom. The highest BCUT2D eigenvalue weighted by molar-refractivity contribution is 6.18. The van der Waals surface area contributed by atoms with Crippen LogP contribution in [0.5, 0.6) is 0 Å². The Morgan fingerprint density at radius 2 is 1.75 bits per heavy atom. The molecule has 0 aromatic rings. The molecule has 1 heterocycles. The molecule has 2 nitrogen and oxygen atoms in total. The summed E-state index contributed by atoms with van der Waals surface area (Å²) in [5.41, 5.74) is 0. The topological polar surface area (TPSA) is 18.5 Å². The van der Waals surface area contributed by atoms with Crippen LogP contribution in [0.4, 0.5) is 0 Å². The first-order valence-corrected chi connectivity index (χ1v) is 7.23. The van der Waals surface area contributed by atoms with Gasteiger partial charge in [-0.25, -0.2) is 0 Å². The molecule has 0 aromatic heterocycles. The monoisotopic (exact) mass is 248 g/mol. The molecule has 0 unspecified atom stereocenters. The molecule has 0 N–H and O–H groups in total. The van der Waals surface area contributed by atoms with Crippen LogP contribution in [0, 0.1) is 0 Å². The lowest BCUT2D eigenvalue weighted by Crippen LogP contribution is -2.13. The van der Waals surface area contributed by atoms with Gasteiger partial charge in [0.05, 0.1) is 18.6 Å². The Labute approximate surface area is 105 Å². The number of alkyl halides is 1. The van der Waals surface area contributed by atoms with Gasteiger partial charge < -0.3 is 9.47 Å². The summed E-state index contributed by atoms with van der Waals surface area (Å²) in [5, 5.41) is 0. The average molecular weight is 249 g/mol. The van der Waals surface area contributed by atoms with Gasteiger partial charge in [0.2, 0.25) is 0 Å². The van der Waals surface area contributed by atoms with E-state index in [-0.39, 0.29) is 12.4 Å². The standard InChI is InChI=1S/C13H25ClO2/c1-2-3-4-5-6-7-8-9-13-15-11-12(10-14)16-13/h12-13H,2-11H2,1H3/t12-,13-/m1/s1. The van der Waals surface area contributed by atoms with Crippen molar-refractivity contribution in [2.45, 2.75) is 70.7 Å². The summed E-state index contributed by atoms with van der Waals surface area (Å²) in [7, 11) is 0. The van der Waals surface area contributed by atoms with Crippen molar-refractivity contribution in [3.05, 3.63) is 0 Å².